The van der Waals surface area contributed by atoms with Gasteiger partial charge in [-0.15, -0.1) is 0 Å². The minimum absolute atomic E-state index is 0.0337. The predicted molar refractivity (Wildman–Crippen MR) is 104 cm³/mol. The Bertz CT molecular complexity index is 750. The SMILES string of the molecule is CC(C)(C)OC(=O)NC(Cc1cccc(OCc2ccccc2)c1)C1CO1. The average Bonchev–Trinajstić information content (AvgIpc) is 3.44. The molecule has 2 unspecified atom stereocenters. The Morgan fingerprint density at radius 2 is 1.85 bits per heavy atom. The van der Waals surface area contributed by atoms with Crippen LogP contribution in [0.1, 0.15) is 31.9 Å². The van der Waals surface area contributed by atoms with Gasteiger partial charge in [0.1, 0.15) is 24.1 Å². The molecule has 0 aliphatic carbocycles. The summed E-state index contributed by atoms with van der Waals surface area (Å²) in [5.74, 6) is 0.809. The summed E-state index contributed by atoms with van der Waals surface area (Å²) in [4.78, 5) is 12.1. The van der Waals surface area contributed by atoms with Crippen molar-refractivity contribution in [2.75, 3.05) is 6.61 Å². The van der Waals surface area contributed by atoms with E-state index in [1.807, 2.05) is 75.4 Å². The van der Waals surface area contributed by atoms with Crippen molar-refractivity contribution in [3.63, 3.8) is 0 Å². The molecule has 3 rings (SSSR count). The lowest BCUT2D eigenvalue weighted by Crippen LogP contribution is -2.43. The first-order chi connectivity index (χ1) is 12.9. The Morgan fingerprint density at radius 3 is 2.52 bits per heavy atom. The Hall–Kier alpha value is -2.53. The zero-order chi connectivity index (χ0) is 19.3. The maximum Gasteiger partial charge on any atom is 0.407 e. The number of amides is 1. The molecule has 0 spiro atoms. The second kappa shape index (κ2) is 8.44. The molecule has 1 saturated heterocycles. The van der Waals surface area contributed by atoms with Crippen LogP contribution in [0.3, 0.4) is 0 Å². The number of carbonyl (C=O) groups is 1. The summed E-state index contributed by atoms with van der Waals surface area (Å²) < 4.78 is 16.7. The standard InChI is InChI=1S/C22H27NO4/c1-22(2,3)27-21(24)23-19(20-15-26-20)13-17-10-7-11-18(12-17)25-14-16-8-5-4-6-9-16/h4-12,19-20H,13-15H2,1-3H3,(H,23,24). The van der Waals surface area contributed by atoms with E-state index >= 15 is 0 Å². The summed E-state index contributed by atoms with van der Waals surface area (Å²) in [6.45, 7) is 6.73. The van der Waals surface area contributed by atoms with E-state index in [1.165, 1.54) is 0 Å². The number of carbonyl (C=O) groups excluding carboxylic acids is 1. The van der Waals surface area contributed by atoms with Crippen molar-refractivity contribution >= 4 is 6.09 Å². The van der Waals surface area contributed by atoms with Gasteiger partial charge in [0.05, 0.1) is 12.6 Å². The van der Waals surface area contributed by atoms with Crippen LogP contribution in [-0.2, 0) is 22.5 Å². The summed E-state index contributed by atoms with van der Waals surface area (Å²) in [7, 11) is 0. The molecule has 2 atom stereocenters. The van der Waals surface area contributed by atoms with Crippen LogP contribution in [0.4, 0.5) is 4.79 Å². The van der Waals surface area contributed by atoms with Gasteiger partial charge in [0, 0.05) is 0 Å². The lowest BCUT2D eigenvalue weighted by Gasteiger charge is -2.23. The number of epoxide rings is 1. The highest BCUT2D eigenvalue weighted by Crippen LogP contribution is 2.22. The zero-order valence-corrected chi connectivity index (χ0v) is 16.1. The fourth-order valence-corrected chi connectivity index (χ4v) is 2.78. The molecule has 5 heteroatoms. The number of alkyl carbamates (subject to hydrolysis) is 1. The molecular formula is C22H27NO4. The lowest BCUT2D eigenvalue weighted by molar-refractivity contribution is 0.0495. The van der Waals surface area contributed by atoms with E-state index in [0.717, 1.165) is 16.9 Å². The van der Waals surface area contributed by atoms with Crippen molar-refractivity contribution in [2.45, 2.75) is 51.5 Å². The first kappa shape index (κ1) is 19.2. The number of rotatable bonds is 7. The number of ether oxygens (including phenoxy) is 3. The zero-order valence-electron chi connectivity index (χ0n) is 16.1. The fraction of sp³-hybridized carbons (Fsp3) is 0.409. The molecule has 0 radical (unpaired) electrons. The van der Waals surface area contributed by atoms with Gasteiger partial charge in [-0.2, -0.15) is 0 Å². The summed E-state index contributed by atoms with van der Waals surface area (Å²) >= 11 is 0. The quantitative estimate of drug-likeness (QED) is 0.747. The van der Waals surface area contributed by atoms with Crippen LogP contribution in [0.5, 0.6) is 5.75 Å². The summed E-state index contributed by atoms with van der Waals surface area (Å²) in [6, 6.07) is 17.9. The lowest BCUT2D eigenvalue weighted by atomic mass is 10.0. The molecule has 144 valence electrons. The largest absolute Gasteiger partial charge is 0.489 e. The van der Waals surface area contributed by atoms with Crippen LogP contribution in [0.2, 0.25) is 0 Å². The smallest absolute Gasteiger partial charge is 0.407 e. The Kier molecular flexibility index (Phi) is 6.01. The first-order valence-corrected chi connectivity index (χ1v) is 9.26. The third-order valence-corrected chi connectivity index (χ3v) is 4.11. The molecule has 0 saturated carbocycles. The average molecular weight is 369 g/mol. The molecule has 1 fully saturated rings. The van der Waals surface area contributed by atoms with E-state index in [9.17, 15) is 4.79 Å². The van der Waals surface area contributed by atoms with Gasteiger partial charge in [-0.05, 0) is 50.5 Å². The highest BCUT2D eigenvalue weighted by Gasteiger charge is 2.35. The van der Waals surface area contributed by atoms with Crippen molar-refractivity contribution in [3.05, 3.63) is 65.7 Å². The molecule has 1 heterocycles. The molecule has 2 aromatic carbocycles. The van der Waals surface area contributed by atoms with Crippen molar-refractivity contribution in [1.29, 1.82) is 0 Å². The molecule has 1 amide bonds. The monoisotopic (exact) mass is 369 g/mol. The number of benzene rings is 2. The van der Waals surface area contributed by atoms with Gasteiger partial charge in [0.2, 0.25) is 0 Å². The van der Waals surface area contributed by atoms with Crippen molar-refractivity contribution < 1.29 is 19.0 Å². The fourth-order valence-electron chi connectivity index (χ4n) is 2.78. The summed E-state index contributed by atoms with van der Waals surface area (Å²) in [6.07, 6.45) is 0.276. The molecule has 1 aliphatic heterocycles. The van der Waals surface area contributed by atoms with Crippen LogP contribution in [-0.4, -0.2) is 30.4 Å². The van der Waals surface area contributed by atoms with Crippen molar-refractivity contribution in [3.8, 4) is 5.75 Å². The van der Waals surface area contributed by atoms with E-state index < -0.39 is 11.7 Å². The van der Waals surface area contributed by atoms with Gasteiger partial charge < -0.3 is 19.5 Å². The highest BCUT2D eigenvalue weighted by molar-refractivity contribution is 5.68. The molecule has 2 aromatic rings. The van der Waals surface area contributed by atoms with Gasteiger partial charge in [-0.1, -0.05) is 42.5 Å². The second-order valence-electron chi connectivity index (χ2n) is 7.75. The van der Waals surface area contributed by atoms with Crippen LogP contribution in [0.25, 0.3) is 0 Å². The third kappa shape index (κ3) is 6.61. The van der Waals surface area contributed by atoms with Gasteiger partial charge >= 0.3 is 6.09 Å². The molecule has 5 nitrogen and oxygen atoms in total. The third-order valence-electron chi connectivity index (χ3n) is 4.11. The normalized spacial score (nSPS) is 17.1. The van der Waals surface area contributed by atoms with Crippen LogP contribution in [0, 0.1) is 0 Å². The second-order valence-corrected chi connectivity index (χ2v) is 7.75. The maximum atomic E-state index is 12.1. The first-order valence-electron chi connectivity index (χ1n) is 9.26. The number of nitrogens with one attached hydrogen (secondary N) is 1. The Labute approximate surface area is 160 Å². The van der Waals surface area contributed by atoms with Gasteiger partial charge in [-0.3, -0.25) is 0 Å². The summed E-state index contributed by atoms with van der Waals surface area (Å²) in [5.41, 5.74) is 1.68. The van der Waals surface area contributed by atoms with Gasteiger partial charge in [-0.25, -0.2) is 4.79 Å². The molecular weight excluding hydrogens is 342 g/mol. The Morgan fingerprint density at radius 1 is 1.15 bits per heavy atom. The van der Waals surface area contributed by atoms with Crippen molar-refractivity contribution in [2.24, 2.45) is 0 Å². The van der Waals surface area contributed by atoms with Gasteiger partial charge in [0.25, 0.3) is 0 Å². The van der Waals surface area contributed by atoms with E-state index in [0.29, 0.717) is 19.6 Å². The topological polar surface area (TPSA) is 60.1 Å². The van der Waals surface area contributed by atoms with Crippen LogP contribution >= 0.6 is 0 Å². The molecule has 0 aromatic heterocycles. The van der Waals surface area contributed by atoms with Crippen LogP contribution < -0.4 is 10.1 Å². The van der Waals surface area contributed by atoms with E-state index in [4.69, 9.17) is 14.2 Å². The predicted octanol–water partition coefficient (Wildman–Crippen LogP) is 4.10. The van der Waals surface area contributed by atoms with E-state index in [1.54, 1.807) is 0 Å². The molecule has 0 bridgehead atoms. The molecule has 1 aliphatic rings. The minimum atomic E-state index is -0.524. The molecule has 1 N–H and O–H groups in total. The Balaban J connectivity index is 1.58. The van der Waals surface area contributed by atoms with Crippen LogP contribution in [0.15, 0.2) is 54.6 Å². The van der Waals surface area contributed by atoms with Gasteiger partial charge in [0.15, 0.2) is 0 Å². The van der Waals surface area contributed by atoms with Crippen molar-refractivity contribution in [1.82, 2.24) is 5.32 Å². The summed E-state index contributed by atoms with van der Waals surface area (Å²) in [5, 5.41) is 2.93. The van der Waals surface area contributed by atoms with E-state index in [-0.39, 0.29) is 12.1 Å². The number of hydrogen-bond donors (Lipinski definition) is 1. The minimum Gasteiger partial charge on any atom is -0.489 e. The van der Waals surface area contributed by atoms with E-state index in [2.05, 4.69) is 5.32 Å². The molecule has 27 heavy (non-hydrogen) atoms. The number of hydrogen-bond acceptors (Lipinski definition) is 4. The highest BCUT2D eigenvalue weighted by atomic mass is 16.6. The maximum absolute atomic E-state index is 12.1.